The quantitative estimate of drug-likeness (QED) is 0.648. The molecule has 2 heterocycles. The molecule has 0 spiro atoms. The number of halogens is 1. The Hall–Kier alpha value is -1.87. The molecule has 0 aliphatic heterocycles. The van der Waals surface area contributed by atoms with Gasteiger partial charge in [0.2, 0.25) is 0 Å². The van der Waals surface area contributed by atoms with Crippen LogP contribution in [0, 0.1) is 0 Å². The molecule has 0 N–H and O–H groups in total. The summed E-state index contributed by atoms with van der Waals surface area (Å²) >= 11 is 6.31. The smallest absolute Gasteiger partial charge is 0.132 e. The van der Waals surface area contributed by atoms with Crippen molar-refractivity contribution in [3.8, 4) is 5.69 Å². The molecule has 0 saturated carbocycles. The van der Waals surface area contributed by atoms with Crippen LogP contribution in [0.25, 0.3) is 16.7 Å². The van der Waals surface area contributed by atoms with Gasteiger partial charge in [-0.05, 0) is 36.6 Å². The summed E-state index contributed by atoms with van der Waals surface area (Å²) in [7, 11) is 0. The topological polar surface area (TPSA) is 30.7 Å². The van der Waals surface area contributed by atoms with Crippen LogP contribution in [0.2, 0.25) is 0 Å². The lowest BCUT2D eigenvalue weighted by atomic mass is 10.0. The van der Waals surface area contributed by atoms with Gasteiger partial charge in [0.25, 0.3) is 0 Å². The standard InChI is InChI=1S/C17H18ClN3/c1-11(2)13-4-6-14(7-5-13)21-16-8-9-19-10-15(16)20-17(21)12(3)18/h4-12H,1-3H3. The Morgan fingerprint density at radius 2 is 1.76 bits per heavy atom. The average Bonchev–Trinajstić information content (AvgIpc) is 2.87. The molecule has 1 unspecified atom stereocenters. The van der Waals surface area contributed by atoms with Crippen LogP contribution in [0.15, 0.2) is 42.7 Å². The minimum absolute atomic E-state index is 0.165. The van der Waals surface area contributed by atoms with Crippen molar-refractivity contribution >= 4 is 22.6 Å². The zero-order valence-electron chi connectivity index (χ0n) is 12.4. The largest absolute Gasteiger partial charge is 0.295 e. The third kappa shape index (κ3) is 2.54. The SMILES string of the molecule is CC(C)c1ccc(-n2c(C(C)Cl)nc3cnccc32)cc1. The fourth-order valence-electron chi connectivity index (χ4n) is 2.50. The van der Waals surface area contributed by atoms with Crippen LogP contribution < -0.4 is 0 Å². The van der Waals surface area contributed by atoms with Gasteiger partial charge in [-0.1, -0.05) is 26.0 Å². The number of pyridine rings is 1. The van der Waals surface area contributed by atoms with E-state index in [1.54, 1.807) is 12.4 Å². The molecule has 0 saturated heterocycles. The van der Waals surface area contributed by atoms with E-state index in [1.165, 1.54) is 5.56 Å². The number of hydrogen-bond acceptors (Lipinski definition) is 2. The van der Waals surface area contributed by atoms with Crippen LogP contribution in [0.5, 0.6) is 0 Å². The van der Waals surface area contributed by atoms with E-state index in [2.05, 4.69) is 52.6 Å². The first kappa shape index (κ1) is 14.1. The van der Waals surface area contributed by atoms with Gasteiger partial charge in [0.1, 0.15) is 11.3 Å². The lowest BCUT2D eigenvalue weighted by Gasteiger charge is -2.12. The molecule has 3 rings (SSSR count). The van der Waals surface area contributed by atoms with Crippen LogP contribution >= 0.6 is 11.6 Å². The zero-order valence-corrected chi connectivity index (χ0v) is 13.2. The van der Waals surface area contributed by atoms with Crippen LogP contribution in [0.1, 0.15) is 43.5 Å². The second kappa shape index (κ2) is 5.49. The monoisotopic (exact) mass is 299 g/mol. The number of fused-ring (bicyclic) bond motifs is 1. The molecular weight excluding hydrogens is 282 g/mol. The third-order valence-corrected chi connectivity index (χ3v) is 3.85. The maximum absolute atomic E-state index is 6.31. The molecule has 2 aromatic heterocycles. The van der Waals surface area contributed by atoms with Gasteiger partial charge in [0.05, 0.1) is 17.1 Å². The Bertz CT molecular complexity index is 757. The molecule has 0 radical (unpaired) electrons. The van der Waals surface area contributed by atoms with Crippen molar-refractivity contribution in [2.75, 3.05) is 0 Å². The molecule has 0 amide bonds. The fourth-order valence-corrected chi connectivity index (χ4v) is 2.64. The number of hydrogen-bond donors (Lipinski definition) is 0. The van der Waals surface area contributed by atoms with Gasteiger partial charge in [0, 0.05) is 11.9 Å². The van der Waals surface area contributed by atoms with E-state index in [0.29, 0.717) is 5.92 Å². The van der Waals surface area contributed by atoms with E-state index in [1.807, 2.05) is 13.0 Å². The Morgan fingerprint density at radius 3 is 2.38 bits per heavy atom. The second-order valence-electron chi connectivity index (χ2n) is 5.53. The highest BCUT2D eigenvalue weighted by molar-refractivity contribution is 6.20. The van der Waals surface area contributed by atoms with Gasteiger partial charge in [-0.25, -0.2) is 4.98 Å². The van der Waals surface area contributed by atoms with Gasteiger partial charge in [-0.3, -0.25) is 9.55 Å². The van der Waals surface area contributed by atoms with Crippen molar-refractivity contribution in [1.29, 1.82) is 0 Å². The highest BCUT2D eigenvalue weighted by Gasteiger charge is 2.16. The normalized spacial score (nSPS) is 13.0. The summed E-state index contributed by atoms with van der Waals surface area (Å²) in [5.74, 6) is 1.37. The van der Waals surface area contributed by atoms with Gasteiger partial charge < -0.3 is 0 Å². The number of benzene rings is 1. The van der Waals surface area contributed by atoms with E-state index in [9.17, 15) is 0 Å². The lowest BCUT2D eigenvalue weighted by molar-refractivity contribution is 0.859. The first-order valence-electron chi connectivity index (χ1n) is 7.14. The molecule has 4 heteroatoms. The summed E-state index contributed by atoms with van der Waals surface area (Å²) in [5, 5.41) is -0.165. The van der Waals surface area contributed by atoms with Crippen molar-refractivity contribution in [2.45, 2.75) is 32.1 Å². The molecule has 0 aliphatic carbocycles. The highest BCUT2D eigenvalue weighted by atomic mass is 35.5. The highest BCUT2D eigenvalue weighted by Crippen LogP contribution is 2.28. The lowest BCUT2D eigenvalue weighted by Crippen LogP contribution is -2.02. The summed E-state index contributed by atoms with van der Waals surface area (Å²) in [6.07, 6.45) is 3.56. The molecule has 21 heavy (non-hydrogen) atoms. The van der Waals surface area contributed by atoms with E-state index in [0.717, 1.165) is 22.5 Å². The number of imidazole rings is 1. The van der Waals surface area contributed by atoms with Gasteiger partial charge in [0.15, 0.2) is 0 Å². The predicted molar refractivity (Wildman–Crippen MR) is 87.2 cm³/mol. The fraction of sp³-hybridized carbons (Fsp3) is 0.294. The summed E-state index contributed by atoms with van der Waals surface area (Å²) < 4.78 is 2.11. The molecule has 1 atom stereocenters. The van der Waals surface area contributed by atoms with Gasteiger partial charge in [-0.2, -0.15) is 0 Å². The van der Waals surface area contributed by atoms with Crippen molar-refractivity contribution in [3.05, 3.63) is 54.1 Å². The molecule has 3 nitrogen and oxygen atoms in total. The maximum atomic E-state index is 6.31. The van der Waals surface area contributed by atoms with Crippen molar-refractivity contribution < 1.29 is 0 Å². The maximum Gasteiger partial charge on any atom is 0.132 e. The number of alkyl halides is 1. The third-order valence-electron chi connectivity index (χ3n) is 3.66. The number of aromatic nitrogens is 3. The van der Waals surface area contributed by atoms with Crippen molar-refractivity contribution in [3.63, 3.8) is 0 Å². The molecule has 1 aromatic carbocycles. The van der Waals surface area contributed by atoms with Crippen LogP contribution in [0.3, 0.4) is 0 Å². The Labute approximate surface area is 129 Å². The Balaban J connectivity index is 2.20. The summed E-state index contributed by atoms with van der Waals surface area (Å²) in [6, 6.07) is 10.5. The molecule has 108 valence electrons. The molecule has 3 aromatic rings. The van der Waals surface area contributed by atoms with Gasteiger partial charge >= 0.3 is 0 Å². The summed E-state index contributed by atoms with van der Waals surface area (Å²) in [4.78, 5) is 8.75. The Kier molecular flexibility index (Phi) is 3.68. The van der Waals surface area contributed by atoms with E-state index in [4.69, 9.17) is 11.6 Å². The zero-order chi connectivity index (χ0) is 15.0. The molecule has 0 aliphatic rings. The number of nitrogens with zero attached hydrogens (tertiary/aromatic N) is 3. The minimum atomic E-state index is -0.165. The van der Waals surface area contributed by atoms with Crippen molar-refractivity contribution in [2.24, 2.45) is 0 Å². The van der Waals surface area contributed by atoms with E-state index in [-0.39, 0.29) is 5.38 Å². The summed E-state index contributed by atoms with van der Waals surface area (Å²) in [6.45, 7) is 6.33. The van der Waals surface area contributed by atoms with Crippen LogP contribution in [-0.4, -0.2) is 14.5 Å². The Morgan fingerprint density at radius 1 is 1.05 bits per heavy atom. The van der Waals surface area contributed by atoms with Crippen LogP contribution in [-0.2, 0) is 0 Å². The summed E-state index contributed by atoms with van der Waals surface area (Å²) in [5.41, 5.74) is 4.30. The van der Waals surface area contributed by atoms with Gasteiger partial charge in [-0.15, -0.1) is 11.6 Å². The minimum Gasteiger partial charge on any atom is -0.295 e. The average molecular weight is 300 g/mol. The van der Waals surface area contributed by atoms with E-state index < -0.39 is 0 Å². The molecular formula is C17H18ClN3. The predicted octanol–water partition coefficient (Wildman–Crippen LogP) is 4.84. The van der Waals surface area contributed by atoms with E-state index >= 15 is 0 Å². The van der Waals surface area contributed by atoms with Crippen molar-refractivity contribution in [1.82, 2.24) is 14.5 Å². The van der Waals surface area contributed by atoms with Crippen LogP contribution in [0.4, 0.5) is 0 Å². The second-order valence-corrected chi connectivity index (χ2v) is 6.19. The first-order valence-corrected chi connectivity index (χ1v) is 7.58. The number of rotatable bonds is 3. The molecule has 0 bridgehead atoms. The molecule has 0 fully saturated rings. The first-order chi connectivity index (χ1) is 10.1.